The number of benzene rings is 1. The lowest BCUT2D eigenvalue weighted by atomic mass is 9.97. The molecule has 0 aromatic heterocycles. The van der Waals surface area contributed by atoms with Crippen LogP contribution in [0.1, 0.15) is 22.3 Å². The Hall–Kier alpha value is -1.38. The van der Waals surface area contributed by atoms with Crippen molar-refractivity contribution in [2.75, 3.05) is 0 Å². The molecule has 0 atom stereocenters. The van der Waals surface area contributed by atoms with Crippen LogP contribution in [0.5, 0.6) is 0 Å². The van der Waals surface area contributed by atoms with Crippen molar-refractivity contribution in [3.63, 3.8) is 0 Å². The number of aliphatic carboxylic acids is 1. The minimum Gasteiger partial charge on any atom is -0.481 e. The van der Waals surface area contributed by atoms with E-state index >= 15 is 0 Å². The number of aryl methyl sites for hydroxylation is 2. The maximum atomic E-state index is 13.5. The van der Waals surface area contributed by atoms with E-state index in [1.807, 2.05) is 6.92 Å². The topological polar surface area (TPSA) is 37.3 Å². The molecule has 0 amide bonds. The second-order valence-electron chi connectivity index (χ2n) is 3.50. The monoisotopic (exact) mass is 196 g/mol. The van der Waals surface area contributed by atoms with E-state index in [-0.39, 0.29) is 6.42 Å². The number of rotatable bonds is 2. The first-order chi connectivity index (χ1) is 6.43. The van der Waals surface area contributed by atoms with Gasteiger partial charge >= 0.3 is 5.97 Å². The minimum absolute atomic E-state index is 0.250. The molecule has 0 radical (unpaired) electrons. The van der Waals surface area contributed by atoms with Crippen LogP contribution in [-0.4, -0.2) is 11.1 Å². The zero-order valence-electron chi connectivity index (χ0n) is 8.52. The summed E-state index contributed by atoms with van der Waals surface area (Å²) in [4.78, 5) is 10.5. The van der Waals surface area contributed by atoms with Crippen LogP contribution in [0.3, 0.4) is 0 Å². The summed E-state index contributed by atoms with van der Waals surface area (Å²) in [5.74, 6) is -1.40. The lowest BCUT2D eigenvalue weighted by Gasteiger charge is -2.10. The molecule has 1 aromatic carbocycles. The van der Waals surface area contributed by atoms with Crippen LogP contribution in [0.4, 0.5) is 4.39 Å². The molecule has 0 saturated heterocycles. The van der Waals surface area contributed by atoms with E-state index in [0.717, 1.165) is 11.1 Å². The van der Waals surface area contributed by atoms with Gasteiger partial charge in [0.05, 0.1) is 6.42 Å². The zero-order chi connectivity index (χ0) is 10.9. The van der Waals surface area contributed by atoms with E-state index in [9.17, 15) is 9.18 Å². The maximum absolute atomic E-state index is 13.5. The molecule has 2 nitrogen and oxygen atoms in total. The molecule has 14 heavy (non-hydrogen) atoms. The molecule has 0 heterocycles. The highest BCUT2D eigenvalue weighted by molar-refractivity contribution is 5.71. The summed E-state index contributed by atoms with van der Waals surface area (Å²) in [5.41, 5.74) is 2.47. The van der Waals surface area contributed by atoms with Crippen molar-refractivity contribution in [2.24, 2.45) is 0 Å². The van der Waals surface area contributed by atoms with E-state index in [4.69, 9.17) is 5.11 Å². The van der Waals surface area contributed by atoms with Gasteiger partial charge in [-0.05, 0) is 37.5 Å². The number of hydrogen-bond acceptors (Lipinski definition) is 1. The first kappa shape index (κ1) is 10.7. The molecule has 3 heteroatoms. The van der Waals surface area contributed by atoms with Gasteiger partial charge in [-0.1, -0.05) is 6.07 Å². The van der Waals surface area contributed by atoms with Gasteiger partial charge in [0.1, 0.15) is 5.82 Å². The molecule has 0 aliphatic heterocycles. The Labute approximate surface area is 82.4 Å². The number of carboxylic acids is 1. The summed E-state index contributed by atoms with van der Waals surface area (Å²) < 4.78 is 13.5. The Morgan fingerprint density at radius 3 is 2.43 bits per heavy atom. The molecule has 0 unspecified atom stereocenters. The summed E-state index contributed by atoms with van der Waals surface area (Å²) in [6, 6.07) is 1.73. The highest BCUT2D eigenvalue weighted by Gasteiger charge is 2.13. The third-order valence-corrected chi connectivity index (χ3v) is 2.42. The molecule has 0 aliphatic carbocycles. The summed E-state index contributed by atoms with van der Waals surface area (Å²) >= 11 is 0. The Balaban J connectivity index is 3.31. The smallest absolute Gasteiger partial charge is 0.307 e. The van der Waals surface area contributed by atoms with Crippen molar-refractivity contribution in [3.05, 3.63) is 34.1 Å². The fourth-order valence-corrected chi connectivity index (χ4v) is 1.50. The summed E-state index contributed by atoms with van der Waals surface area (Å²) in [5, 5.41) is 8.63. The SMILES string of the molecule is Cc1cc(C)c(F)c(CC(=O)O)c1C. The van der Waals surface area contributed by atoms with Gasteiger partial charge in [0.15, 0.2) is 0 Å². The van der Waals surface area contributed by atoms with E-state index in [1.165, 1.54) is 0 Å². The van der Waals surface area contributed by atoms with Gasteiger partial charge in [-0.3, -0.25) is 4.79 Å². The quantitative estimate of drug-likeness (QED) is 0.788. The van der Waals surface area contributed by atoms with Crippen LogP contribution >= 0.6 is 0 Å². The highest BCUT2D eigenvalue weighted by atomic mass is 19.1. The van der Waals surface area contributed by atoms with Gasteiger partial charge in [-0.25, -0.2) is 4.39 Å². The van der Waals surface area contributed by atoms with Gasteiger partial charge in [0, 0.05) is 5.56 Å². The van der Waals surface area contributed by atoms with Crippen molar-refractivity contribution in [3.8, 4) is 0 Å². The van der Waals surface area contributed by atoms with Crippen LogP contribution in [0.2, 0.25) is 0 Å². The first-order valence-electron chi connectivity index (χ1n) is 4.40. The van der Waals surface area contributed by atoms with Crippen molar-refractivity contribution < 1.29 is 14.3 Å². The van der Waals surface area contributed by atoms with Crippen LogP contribution < -0.4 is 0 Å². The third-order valence-electron chi connectivity index (χ3n) is 2.42. The molecule has 0 bridgehead atoms. The van der Waals surface area contributed by atoms with E-state index in [0.29, 0.717) is 11.1 Å². The van der Waals surface area contributed by atoms with Crippen molar-refractivity contribution in [1.82, 2.24) is 0 Å². The summed E-state index contributed by atoms with van der Waals surface area (Å²) in [6.07, 6.45) is -0.250. The minimum atomic E-state index is -1.00. The first-order valence-corrected chi connectivity index (χ1v) is 4.40. The molecule has 0 saturated carbocycles. The average molecular weight is 196 g/mol. The fraction of sp³-hybridized carbons (Fsp3) is 0.364. The highest BCUT2D eigenvalue weighted by Crippen LogP contribution is 2.21. The van der Waals surface area contributed by atoms with Crippen LogP contribution in [0, 0.1) is 26.6 Å². The van der Waals surface area contributed by atoms with Crippen LogP contribution in [-0.2, 0) is 11.2 Å². The fourth-order valence-electron chi connectivity index (χ4n) is 1.50. The standard InChI is InChI=1S/C11H13FO2/c1-6-4-7(2)11(12)9(8(6)3)5-10(13)14/h4H,5H2,1-3H3,(H,13,14). The average Bonchev–Trinajstić information content (AvgIpc) is 2.09. The Kier molecular flexibility index (Phi) is 2.89. The molecular formula is C11H13FO2. The number of hydrogen-bond donors (Lipinski definition) is 1. The van der Waals surface area contributed by atoms with E-state index < -0.39 is 11.8 Å². The van der Waals surface area contributed by atoms with Crippen LogP contribution in [0.15, 0.2) is 6.07 Å². The zero-order valence-corrected chi connectivity index (χ0v) is 8.52. The van der Waals surface area contributed by atoms with Gasteiger partial charge in [-0.2, -0.15) is 0 Å². The molecule has 1 rings (SSSR count). The Morgan fingerprint density at radius 2 is 1.93 bits per heavy atom. The second kappa shape index (κ2) is 3.78. The van der Waals surface area contributed by atoms with Gasteiger partial charge in [-0.15, -0.1) is 0 Å². The molecule has 0 fully saturated rings. The lowest BCUT2D eigenvalue weighted by molar-refractivity contribution is -0.136. The molecule has 1 N–H and O–H groups in total. The molecule has 1 aromatic rings. The van der Waals surface area contributed by atoms with E-state index in [1.54, 1.807) is 19.9 Å². The molecule has 0 spiro atoms. The van der Waals surface area contributed by atoms with Gasteiger partial charge < -0.3 is 5.11 Å². The van der Waals surface area contributed by atoms with Gasteiger partial charge in [0.25, 0.3) is 0 Å². The largest absolute Gasteiger partial charge is 0.481 e. The summed E-state index contributed by atoms with van der Waals surface area (Å²) in [7, 11) is 0. The molecule has 76 valence electrons. The number of carboxylic acid groups (broad SMARTS) is 1. The lowest BCUT2D eigenvalue weighted by Crippen LogP contribution is -2.07. The number of carbonyl (C=O) groups is 1. The molecular weight excluding hydrogens is 183 g/mol. The normalized spacial score (nSPS) is 10.3. The Morgan fingerprint density at radius 1 is 1.36 bits per heavy atom. The predicted octanol–water partition coefficient (Wildman–Crippen LogP) is 2.38. The maximum Gasteiger partial charge on any atom is 0.307 e. The Bertz CT molecular complexity index is 357. The van der Waals surface area contributed by atoms with Gasteiger partial charge in [0.2, 0.25) is 0 Å². The van der Waals surface area contributed by atoms with Crippen molar-refractivity contribution >= 4 is 5.97 Å². The van der Waals surface area contributed by atoms with E-state index in [2.05, 4.69) is 0 Å². The second-order valence-corrected chi connectivity index (χ2v) is 3.50. The van der Waals surface area contributed by atoms with Crippen molar-refractivity contribution in [2.45, 2.75) is 27.2 Å². The predicted molar refractivity (Wildman–Crippen MR) is 52.0 cm³/mol. The summed E-state index contributed by atoms with van der Waals surface area (Å²) in [6.45, 7) is 5.25. The van der Waals surface area contributed by atoms with Crippen LogP contribution in [0.25, 0.3) is 0 Å². The number of halogens is 1. The third kappa shape index (κ3) is 1.92. The molecule has 0 aliphatic rings. The van der Waals surface area contributed by atoms with Crippen molar-refractivity contribution in [1.29, 1.82) is 0 Å².